The summed E-state index contributed by atoms with van der Waals surface area (Å²) in [5.41, 5.74) is -0.803. The van der Waals surface area contributed by atoms with Gasteiger partial charge in [-0.15, -0.1) is 11.3 Å². The Bertz CT molecular complexity index is 358. The lowest BCUT2D eigenvalue weighted by Crippen LogP contribution is -2.53. The third-order valence-electron chi connectivity index (χ3n) is 3.07. The first-order valence-corrected chi connectivity index (χ1v) is 6.17. The molecule has 0 spiro atoms. The van der Waals surface area contributed by atoms with E-state index in [-0.39, 0.29) is 25.9 Å². The van der Waals surface area contributed by atoms with E-state index in [2.05, 4.69) is 4.98 Å². The number of thiazole rings is 1. The Morgan fingerprint density at radius 1 is 1.41 bits per heavy atom. The van der Waals surface area contributed by atoms with E-state index in [0.29, 0.717) is 6.54 Å². The molecule has 1 aliphatic rings. The molecule has 0 aromatic carbocycles. The van der Waals surface area contributed by atoms with Crippen LogP contribution in [0.25, 0.3) is 0 Å². The molecule has 1 aromatic heterocycles. The Hall–Kier alpha value is -0.660. The Morgan fingerprint density at radius 2 is 2.06 bits per heavy atom. The largest absolute Gasteiger partial charge is 0.417 e. The van der Waals surface area contributed by atoms with Crippen LogP contribution in [0.4, 0.5) is 13.2 Å². The predicted octanol–water partition coefficient (Wildman–Crippen LogP) is 2.03. The molecule has 0 bridgehead atoms. The van der Waals surface area contributed by atoms with E-state index in [1.807, 2.05) is 4.90 Å². The first-order valence-electron chi connectivity index (χ1n) is 5.29. The van der Waals surface area contributed by atoms with Gasteiger partial charge in [-0.2, -0.15) is 13.2 Å². The van der Waals surface area contributed by atoms with Gasteiger partial charge in [0.05, 0.1) is 5.51 Å². The molecule has 1 saturated heterocycles. The van der Waals surface area contributed by atoms with E-state index in [0.717, 1.165) is 4.88 Å². The zero-order valence-electron chi connectivity index (χ0n) is 9.07. The number of rotatable bonds is 2. The second-order valence-corrected chi connectivity index (χ2v) is 5.24. The molecule has 1 aromatic rings. The van der Waals surface area contributed by atoms with Crippen LogP contribution in [0.1, 0.15) is 17.7 Å². The summed E-state index contributed by atoms with van der Waals surface area (Å²) in [5.74, 6) is 0. The second-order valence-electron chi connectivity index (χ2n) is 4.27. The lowest BCUT2D eigenvalue weighted by molar-refractivity contribution is -0.272. The SMILES string of the molecule is OC1(C(F)(F)F)CCN(Cc2cncs2)CC1. The van der Waals surface area contributed by atoms with Crippen molar-refractivity contribution >= 4 is 11.3 Å². The second kappa shape index (κ2) is 4.55. The first kappa shape index (κ1) is 12.8. The fourth-order valence-corrected chi connectivity index (χ4v) is 2.54. The van der Waals surface area contributed by atoms with Gasteiger partial charge in [0.15, 0.2) is 5.60 Å². The van der Waals surface area contributed by atoms with Crippen LogP contribution >= 0.6 is 11.3 Å². The molecule has 3 nitrogen and oxygen atoms in total. The van der Waals surface area contributed by atoms with Crippen LogP contribution in [0.15, 0.2) is 11.7 Å². The van der Waals surface area contributed by atoms with E-state index in [1.165, 1.54) is 11.3 Å². The molecule has 96 valence electrons. The molecule has 1 N–H and O–H groups in total. The van der Waals surface area contributed by atoms with E-state index < -0.39 is 11.8 Å². The quantitative estimate of drug-likeness (QED) is 0.890. The van der Waals surface area contributed by atoms with Crippen molar-refractivity contribution in [3.8, 4) is 0 Å². The lowest BCUT2D eigenvalue weighted by atomic mass is 9.91. The zero-order valence-corrected chi connectivity index (χ0v) is 9.89. The Kier molecular flexibility index (Phi) is 3.42. The predicted molar refractivity (Wildman–Crippen MR) is 57.6 cm³/mol. The summed E-state index contributed by atoms with van der Waals surface area (Å²) in [6.07, 6.45) is -3.32. The van der Waals surface area contributed by atoms with Crippen molar-refractivity contribution in [2.75, 3.05) is 13.1 Å². The molecule has 0 aliphatic carbocycles. The van der Waals surface area contributed by atoms with E-state index in [9.17, 15) is 18.3 Å². The minimum atomic E-state index is -4.52. The maximum absolute atomic E-state index is 12.6. The van der Waals surface area contributed by atoms with Gasteiger partial charge < -0.3 is 5.11 Å². The number of hydrogen-bond donors (Lipinski definition) is 1. The number of alkyl halides is 3. The van der Waals surface area contributed by atoms with Gasteiger partial charge in [-0.05, 0) is 12.8 Å². The molecule has 2 rings (SSSR count). The number of aliphatic hydroxyl groups is 1. The van der Waals surface area contributed by atoms with E-state index in [4.69, 9.17) is 0 Å². The van der Waals surface area contributed by atoms with Crippen molar-refractivity contribution in [3.05, 3.63) is 16.6 Å². The van der Waals surface area contributed by atoms with Crippen molar-refractivity contribution in [2.24, 2.45) is 0 Å². The summed E-state index contributed by atoms with van der Waals surface area (Å²) >= 11 is 1.48. The van der Waals surface area contributed by atoms with Crippen LogP contribution in [0.2, 0.25) is 0 Å². The monoisotopic (exact) mass is 266 g/mol. The molecule has 0 amide bonds. The van der Waals surface area contributed by atoms with Gasteiger partial charge in [0, 0.05) is 30.7 Å². The highest BCUT2D eigenvalue weighted by atomic mass is 32.1. The Balaban J connectivity index is 1.90. The third kappa shape index (κ3) is 2.78. The molecule has 0 unspecified atom stereocenters. The highest BCUT2D eigenvalue weighted by Gasteiger charge is 2.54. The van der Waals surface area contributed by atoms with Gasteiger partial charge in [0.1, 0.15) is 0 Å². The minimum Gasteiger partial charge on any atom is -0.380 e. The van der Waals surface area contributed by atoms with Crippen LogP contribution in [0, 0.1) is 0 Å². The lowest BCUT2D eigenvalue weighted by Gasteiger charge is -2.38. The number of nitrogens with zero attached hydrogens (tertiary/aromatic N) is 2. The van der Waals surface area contributed by atoms with Crippen molar-refractivity contribution in [1.82, 2.24) is 9.88 Å². The molecular weight excluding hydrogens is 253 g/mol. The number of likely N-dealkylation sites (tertiary alicyclic amines) is 1. The van der Waals surface area contributed by atoms with Crippen LogP contribution in [0.5, 0.6) is 0 Å². The summed E-state index contributed by atoms with van der Waals surface area (Å²) in [5, 5.41) is 9.49. The maximum Gasteiger partial charge on any atom is 0.417 e. The van der Waals surface area contributed by atoms with Gasteiger partial charge in [-0.3, -0.25) is 9.88 Å². The minimum absolute atomic E-state index is 0.255. The van der Waals surface area contributed by atoms with Crippen LogP contribution in [-0.4, -0.2) is 39.9 Å². The van der Waals surface area contributed by atoms with Crippen LogP contribution in [-0.2, 0) is 6.54 Å². The first-order chi connectivity index (χ1) is 7.91. The van der Waals surface area contributed by atoms with Crippen LogP contribution in [0.3, 0.4) is 0 Å². The molecule has 7 heteroatoms. The molecular formula is C10H13F3N2OS. The van der Waals surface area contributed by atoms with E-state index >= 15 is 0 Å². The van der Waals surface area contributed by atoms with Gasteiger partial charge in [0.25, 0.3) is 0 Å². The number of aromatic nitrogens is 1. The van der Waals surface area contributed by atoms with Gasteiger partial charge in [-0.1, -0.05) is 0 Å². The third-order valence-corrected chi connectivity index (χ3v) is 3.84. The topological polar surface area (TPSA) is 36.4 Å². The summed E-state index contributed by atoms with van der Waals surface area (Å²) in [7, 11) is 0. The maximum atomic E-state index is 12.6. The number of hydrogen-bond acceptors (Lipinski definition) is 4. The molecule has 0 atom stereocenters. The number of piperidine rings is 1. The normalized spacial score (nSPS) is 21.6. The fourth-order valence-electron chi connectivity index (χ4n) is 1.91. The van der Waals surface area contributed by atoms with Crippen molar-refractivity contribution in [3.63, 3.8) is 0 Å². The number of halogens is 3. The fraction of sp³-hybridized carbons (Fsp3) is 0.700. The Morgan fingerprint density at radius 3 is 2.53 bits per heavy atom. The molecule has 17 heavy (non-hydrogen) atoms. The van der Waals surface area contributed by atoms with E-state index in [1.54, 1.807) is 11.7 Å². The Labute approximate surface area is 101 Å². The van der Waals surface area contributed by atoms with Gasteiger partial charge in [-0.25, -0.2) is 0 Å². The summed E-state index contributed by atoms with van der Waals surface area (Å²) in [4.78, 5) is 6.86. The smallest absolute Gasteiger partial charge is 0.380 e. The van der Waals surface area contributed by atoms with Crippen molar-refractivity contribution in [2.45, 2.75) is 31.2 Å². The average molecular weight is 266 g/mol. The molecule has 0 saturated carbocycles. The van der Waals surface area contributed by atoms with Crippen molar-refractivity contribution in [1.29, 1.82) is 0 Å². The highest BCUT2D eigenvalue weighted by molar-refractivity contribution is 7.09. The molecule has 2 heterocycles. The summed E-state index contributed by atoms with van der Waals surface area (Å²) in [6, 6.07) is 0. The van der Waals surface area contributed by atoms with Crippen LogP contribution < -0.4 is 0 Å². The van der Waals surface area contributed by atoms with Gasteiger partial charge in [0.2, 0.25) is 0 Å². The summed E-state index contributed by atoms with van der Waals surface area (Å²) in [6.45, 7) is 1.13. The van der Waals surface area contributed by atoms with Crippen molar-refractivity contribution < 1.29 is 18.3 Å². The highest BCUT2D eigenvalue weighted by Crippen LogP contribution is 2.38. The standard InChI is InChI=1S/C10H13F3N2OS/c11-10(12,13)9(16)1-3-15(4-2-9)6-8-5-14-7-17-8/h5,7,16H,1-4,6H2. The zero-order chi connectivity index (χ0) is 12.5. The molecule has 0 radical (unpaired) electrons. The molecule has 1 aliphatic heterocycles. The van der Waals surface area contributed by atoms with Gasteiger partial charge >= 0.3 is 6.18 Å². The summed E-state index contributed by atoms with van der Waals surface area (Å²) < 4.78 is 37.7. The average Bonchev–Trinajstić information content (AvgIpc) is 2.73. The molecule has 1 fully saturated rings.